The molecule has 0 amide bonds. The minimum absolute atomic E-state index is 0.0140. The van der Waals surface area contributed by atoms with Gasteiger partial charge in [-0.25, -0.2) is 4.79 Å². The molecular formula is C16H22O4. The third kappa shape index (κ3) is 2.15. The van der Waals surface area contributed by atoms with E-state index in [1.165, 1.54) is 0 Å². The highest BCUT2D eigenvalue weighted by molar-refractivity contribution is 5.87. The highest BCUT2D eigenvalue weighted by atomic mass is 16.5. The van der Waals surface area contributed by atoms with Gasteiger partial charge < -0.3 is 9.84 Å². The van der Waals surface area contributed by atoms with E-state index >= 15 is 0 Å². The van der Waals surface area contributed by atoms with Crippen molar-refractivity contribution in [3.8, 4) is 0 Å². The smallest absolute Gasteiger partial charge is 0.333 e. The SMILES string of the molecule is C=C(C)C(=O)OC1CC2CC1C1C(CC(=O)O)CCC21. The zero-order valence-corrected chi connectivity index (χ0v) is 11.9. The maximum atomic E-state index is 11.7. The average Bonchev–Trinajstić information content (AvgIpc) is 3.00. The Morgan fingerprint density at radius 1 is 1.25 bits per heavy atom. The van der Waals surface area contributed by atoms with Crippen LogP contribution in [0.1, 0.15) is 39.0 Å². The normalized spacial score (nSPS) is 41.5. The Labute approximate surface area is 119 Å². The molecule has 0 saturated heterocycles. The van der Waals surface area contributed by atoms with E-state index in [2.05, 4.69) is 6.58 Å². The fourth-order valence-corrected chi connectivity index (χ4v) is 5.02. The van der Waals surface area contributed by atoms with Crippen LogP contribution in [0, 0.1) is 29.6 Å². The van der Waals surface area contributed by atoms with Gasteiger partial charge in [-0.05, 0) is 62.2 Å². The first kappa shape index (κ1) is 13.7. The Balaban J connectivity index is 1.70. The molecule has 0 aliphatic heterocycles. The molecule has 3 aliphatic carbocycles. The molecule has 2 bridgehead atoms. The number of rotatable bonds is 4. The summed E-state index contributed by atoms with van der Waals surface area (Å²) in [4.78, 5) is 22.7. The summed E-state index contributed by atoms with van der Waals surface area (Å²) < 4.78 is 5.58. The quantitative estimate of drug-likeness (QED) is 0.634. The maximum absolute atomic E-state index is 11.7. The number of esters is 1. The topological polar surface area (TPSA) is 63.6 Å². The highest BCUT2D eigenvalue weighted by Gasteiger charge is 2.58. The van der Waals surface area contributed by atoms with Gasteiger partial charge in [0.25, 0.3) is 0 Å². The lowest BCUT2D eigenvalue weighted by atomic mass is 9.75. The molecule has 110 valence electrons. The molecule has 4 nitrogen and oxygen atoms in total. The largest absolute Gasteiger partial charge is 0.481 e. The van der Waals surface area contributed by atoms with Gasteiger partial charge in [-0.15, -0.1) is 0 Å². The molecule has 0 spiro atoms. The van der Waals surface area contributed by atoms with Gasteiger partial charge in [-0.2, -0.15) is 0 Å². The standard InChI is InChI=1S/C16H22O4/c1-8(2)16(19)20-13-6-10-5-12(13)15-9(7-14(17)18)3-4-11(10)15/h9-13,15H,1,3-7H2,2H3,(H,17,18). The van der Waals surface area contributed by atoms with Crippen molar-refractivity contribution in [1.29, 1.82) is 0 Å². The van der Waals surface area contributed by atoms with Crippen LogP contribution in [0.15, 0.2) is 12.2 Å². The first-order valence-electron chi connectivity index (χ1n) is 7.55. The summed E-state index contributed by atoms with van der Waals surface area (Å²) in [6, 6.07) is 0. The van der Waals surface area contributed by atoms with Crippen molar-refractivity contribution in [3.63, 3.8) is 0 Å². The average molecular weight is 278 g/mol. The fourth-order valence-electron chi connectivity index (χ4n) is 5.02. The van der Waals surface area contributed by atoms with Gasteiger partial charge >= 0.3 is 11.9 Å². The molecule has 0 aromatic heterocycles. The fraction of sp³-hybridized carbons (Fsp3) is 0.750. The van der Waals surface area contributed by atoms with Crippen LogP contribution in [0.4, 0.5) is 0 Å². The van der Waals surface area contributed by atoms with Gasteiger partial charge in [-0.3, -0.25) is 4.79 Å². The number of carbonyl (C=O) groups excluding carboxylic acids is 1. The molecule has 0 aromatic carbocycles. The lowest BCUT2D eigenvalue weighted by molar-refractivity contribution is -0.149. The van der Waals surface area contributed by atoms with Crippen LogP contribution in [-0.4, -0.2) is 23.1 Å². The summed E-state index contributed by atoms with van der Waals surface area (Å²) in [5, 5.41) is 9.05. The number of hydrogen-bond donors (Lipinski definition) is 1. The van der Waals surface area contributed by atoms with Crippen LogP contribution in [0.5, 0.6) is 0 Å². The summed E-state index contributed by atoms with van der Waals surface area (Å²) in [5.74, 6) is 1.41. The second-order valence-electron chi connectivity index (χ2n) is 6.80. The Morgan fingerprint density at radius 2 is 2.00 bits per heavy atom. The Hall–Kier alpha value is -1.32. The highest BCUT2D eigenvalue weighted by Crippen LogP contribution is 2.62. The molecule has 20 heavy (non-hydrogen) atoms. The molecule has 6 atom stereocenters. The molecule has 1 N–H and O–H groups in total. The number of hydrogen-bond acceptors (Lipinski definition) is 3. The second kappa shape index (κ2) is 4.90. The summed E-state index contributed by atoms with van der Waals surface area (Å²) in [6.07, 6.45) is 4.51. The van der Waals surface area contributed by atoms with Gasteiger partial charge in [0.15, 0.2) is 0 Å². The maximum Gasteiger partial charge on any atom is 0.333 e. The van der Waals surface area contributed by atoms with Crippen LogP contribution < -0.4 is 0 Å². The minimum Gasteiger partial charge on any atom is -0.481 e. The van der Waals surface area contributed by atoms with E-state index in [1.54, 1.807) is 6.92 Å². The van der Waals surface area contributed by atoms with Gasteiger partial charge in [0, 0.05) is 12.0 Å². The molecule has 3 fully saturated rings. The minimum atomic E-state index is -0.700. The molecule has 3 saturated carbocycles. The third-order valence-electron chi connectivity index (χ3n) is 5.64. The van der Waals surface area contributed by atoms with Gasteiger partial charge in [0.2, 0.25) is 0 Å². The summed E-state index contributed by atoms with van der Waals surface area (Å²) in [6.45, 7) is 5.30. The van der Waals surface area contributed by atoms with Crippen LogP contribution >= 0.6 is 0 Å². The van der Waals surface area contributed by atoms with E-state index in [0.717, 1.165) is 25.7 Å². The van der Waals surface area contributed by atoms with Gasteiger partial charge in [0.1, 0.15) is 6.10 Å². The van der Waals surface area contributed by atoms with E-state index in [9.17, 15) is 9.59 Å². The van der Waals surface area contributed by atoms with Crippen molar-refractivity contribution < 1.29 is 19.4 Å². The van der Waals surface area contributed by atoms with Crippen molar-refractivity contribution in [3.05, 3.63) is 12.2 Å². The number of carboxylic acids is 1. The number of carboxylic acid groups (broad SMARTS) is 1. The van der Waals surface area contributed by atoms with E-state index in [4.69, 9.17) is 9.84 Å². The van der Waals surface area contributed by atoms with Crippen molar-refractivity contribution in [1.82, 2.24) is 0 Å². The van der Waals surface area contributed by atoms with Crippen molar-refractivity contribution in [2.24, 2.45) is 29.6 Å². The third-order valence-corrected chi connectivity index (χ3v) is 5.64. The molecule has 4 heteroatoms. The molecule has 0 aromatic rings. The zero-order valence-electron chi connectivity index (χ0n) is 11.9. The van der Waals surface area contributed by atoms with Crippen LogP contribution in [0.3, 0.4) is 0 Å². The van der Waals surface area contributed by atoms with Crippen molar-refractivity contribution in [2.45, 2.75) is 45.1 Å². The summed E-state index contributed by atoms with van der Waals surface area (Å²) >= 11 is 0. The van der Waals surface area contributed by atoms with Gasteiger partial charge in [0.05, 0.1) is 0 Å². The molecule has 0 radical (unpaired) electrons. The molecule has 3 aliphatic rings. The van der Waals surface area contributed by atoms with E-state index in [1.807, 2.05) is 0 Å². The van der Waals surface area contributed by atoms with E-state index in [-0.39, 0.29) is 24.4 Å². The predicted molar refractivity (Wildman–Crippen MR) is 72.9 cm³/mol. The first-order valence-corrected chi connectivity index (χ1v) is 7.55. The Kier molecular flexibility index (Phi) is 3.35. The second-order valence-corrected chi connectivity index (χ2v) is 6.80. The summed E-state index contributed by atoms with van der Waals surface area (Å²) in [7, 11) is 0. The number of aliphatic carboxylic acids is 1. The molecular weight excluding hydrogens is 256 g/mol. The van der Waals surface area contributed by atoms with E-state index < -0.39 is 5.97 Å². The van der Waals surface area contributed by atoms with Crippen LogP contribution in [0.25, 0.3) is 0 Å². The number of ether oxygens (including phenoxy) is 1. The number of carbonyl (C=O) groups is 2. The van der Waals surface area contributed by atoms with Crippen LogP contribution in [-0.2, 0) is 14.3 Å². The molecule has 0 heterocycles. The zero-order chi connectivity index (χ0) is 14.4. The monoisotopic (exact) mass is 278 g/mol. The van der Waals surface area contributed by atoms with Crippen LogP contribution in [0.2, 0.25) is 0 Å². The summed E-state index contributed by atoms with van der Waals surface area (Å²) in [5.41, 5.74) is 0.442. The Morgan fingerprint density at radius 3 is 2.65 bits per heavy atom. The first-order chi connectivity index (χ1) is 9.47. The molecule has 6 unspecified atom stereocenters. The number of fused-ring (bicyclic) bond motifs is 5. The van der Waals surface area contributed by atoms with Crippen molar-refractivity contribution >= 4 is 11.9 Å². The lowest BCUT2D eigenvalue weighted by Gasteiger charge is -2.34. The van der Waals surface area contributed by atoms with Gasteiger partial charge in [-0.1, -0.05) is 6.58 Å². The lowest BCUT2D eigenvalue weighted by Crippen LogP contribution is -2.35. The molecule has 3 rings (SSSR count). The Bertz CT molecular complexity index is 455. The van der Waals surface area contributed by atoms with Crippen molar-refractivity contribution in [2.75, 3.05) is 0 Å². The predicted octanol–water partition coefficient (Wildman–Crippen LogP) is 2.63. The van der Waals surface area contributed by atoms with E-state index in [0.29, 0.717) is 29.2 Å².